The summed E-state index contributed by atoms with van der Waals surface area (Å²) in [6.07, 6.45) is 5.47. The molecule has 0 amide bonds. The number of nitrogens with one attached hydrogen (secondary N) is 1. The van der Waals surface area contributed by atoms with E-state index in [0.717, 1.165) is 52.6 Å². The lowest BCUT2D eigenvalue weighted by Crippen LogP contribution is -2.58. The summed E-state index contributed by atoms with van der Waals surface area (Å²) in [5, 5.41) is 15.9. The number of aliphatic hydroxyl groups is 1. The number of benzene rings is 2. The van der Waals surface area contributed by atoms with Crippen LogP contribution < -0.4 is 11.1 Å². The van der Waals surface area contributed by atoms with Gasteiger partial charge in [-0.15, -0.1) is 22.7 Å². The highest BCUT2D eigenvalue weighted by molar-refractivity contribution is 7.23. The Bertz CT molecular complexity index is 1310. The van der Waals surface area contributed by atoms with Crippen LogP contribution in [0.2, 0.25) is 0 Å². The molecule has 0 atom stereocenters. The van der Waals surface area contributed by atoms with Gasteiger partial charge in [0.05, 0.1) is 26.1 Å². The van der Waals surface area contributed by atoms with Crippen LogP contribution >= 0.6 is 22.7 Å². The fraction of sp³-hybridized carbons (Fsp3) is 0.357. The van der Waals surface area contributed by atoms with Crippen LogP contribution in [0, 0.1) is 0 Å². The molecule has 0 bridgehead atoms. The van der Waals surface area contributed by atoms with Gasteiger partial charge in [0.1, 0.15) is 5.01 Å². The molecule has 180 valence electrons. The second kappa shape index (κ2) is 8.91. The SMILES string of the molecule is C[C@]1(O)C[C@](N)(c2ccc(-c3nc(-c4cnc(C5CCNCC5)s4)sc3-c3ccccc3)cc2)C1. The predicted molar refractivity (Wildman–Crippen MR) is 145 cm³/mol. The normalized spacial score (nSPS) is 24.9. The third-order valence-corrected chi connectivity index (χ3v) is 9.65. The molecule has 6 rings (SSSR count). The molecule has 5 nitrogen and oxygen atoms in total. The van der Waals surface area contributed by atoms with Crippen LogP contribution in [0.3, 0.4) is 0 Å². The number of nitrogens with two attached hydrogens (primary N) is 1. The summed E-state index contributed by atoms with van der Waals surface area (Å²) in [6, 6.07) is 18.9. The molecule has 2 aliphatic rings. The van der Waals surface area contributed by atoms with Gasteiger partial charge in [0, 0.05) is 23.2 Å². The molecule has 1 aliphatic carbocycles. The Morgan fingerprint density at radius 1 is 0.971 bits per heavy atom. The first-order valence-electron chi connectivity index (χ1n) is 12.3. The molecule has 2 fully saturated rings. The van der Waals surface area contributed by atoms with E-state index in [1.165, 1.54) is 15.4 Å². The molecular weight excluding hydrogens is 472 g/mol. The van der Waals surface area contributed by atoms with Crippen LogP contribution in [0.5, 0.6) is 0 Å². The molecular formula is C28H30N4OS2. The van der Waals surface area contributed by atoms with Crippen LogP contribution in [0.4, 0.5) is 0 Å². The Labute approximate surface area is 214 Å². The summed E-state index contributed by atoms with van der Waals surface area (Å²) in [4.78, 5) is 12.2. The minimum atomic E-state index is -0.667. The van der Waals surface area contributed by atoms with E-state index in [0.29, 0.717) is 18.8 Å². The maximum Gasteiger partial charge on any atom is 0.136 e. The number of aromatic nitrogens is 2. The van der Waals surface area contributed by atoms with Gasteiger partial charge in [-0.1, -0.05) is 54.6 Å². The number of thiazole rings is 2. The number of piperidine rings is 1. The lowest BCUT2D eigenvalue weighted by atomic mass is 9.63. The van der Waals surface area contributed by atoms with Gasteiger partial charge in [0.15, 0.2) is 0 Å². The first kappa shape index (κ1) is 23.0. The summed E-state index contributed by atoms with van der Waals surface area (Å²) >= 11 is 3.52. The van der Waals surface area contributed by atoms with Crippen molar-refractivity contribution in [1.82, 2.24) is 15.3 Å². The van der Waals surface area contributed by atoms with Crippen molar-refractivity contribution in [3.63, 3.8) is 0 Å². The molecule has 7 heteroatoms. The average molecular weight is 503 g/mol. The van der Waals surface area contributed by atoms with E-state index < -0.39 is 11.1 Å². The topological polar surface area (TPSA) is 84.1 Å². The van der Waals surface area contributed by atoms with Crippen molar-refractivity contribution in [1.29, 1.82) is 0 Å². The summed E-state index contributed by atoms with van der Waals surface area (Å²) in [6.45, 7) is 3.99. The van der Waals surface area contributed by atoms with Crippen molar-refractivity contribution in [3.8, 4) is 31.6 Å². The van der Waals surface area contributed by atoms with Crippen molar-refractivity contribution in [3.05, 3.63) is 71.4 Å². The van der Waals surface area contributed by atoms with Crippen molar-refractivity contribution < 1.29 is 5.11 Å². The van der Waals surface area contributed by atoms with Crippen LogP contribution in [0.1, 0.15) is 49.1 Å². The zero-order valence-electron chi connectivity index (χ0n) is 19.8. The maximum atomic E-state index is 10.2. The fourth-order valence-electron chi connectivity index (χ4n) is 5.52. The zero-order chi connectivity index (χ0) is 24.0. The number of hydrogen-bond acceptors (Lipinski definition) is 7. The molecule has 1 saturated carbocycles. The highest BCUT2D eigenvalue weighted by Gasteiger charge is 2.49. The van der Waals surface area contributed by atoms with E-state index in [2.05, 4.69) is 53.8 Å². The molecule has 2 aromatic heterocycles. The Hall–Kier alpha value is -2.42. The molecule has 0 radical (unpaired) electrons. The first-order valence-corrected chi connectivity index (χ1v) is 13.9. The number of hydrogen-bond donors (Lipinski definition) is 3. The van der Waals surface area contributed by atoms with Gasteiger partial charge in [-0.2, -0.15) is 0 Å². The molecule has 1 saturated heterocycles. The predicted octanol–water partition coefficient (Wildman–Crippen LogP) is 5.77. The zero-order valence-corrected chi connectivity index (χ0v) is 21.5. The molecule has 4 aromatic rings. The summed E-state index contributed by atoms with van der Waals surface area (Å²) in [7, 11) is 0. The average Bonchev–Trinajstić information content (AvgIpc) is 3.52. The van der Waals surface area contributed by atoms with Crippen molar-refractivity contribution in [2.45, 2.75) is 49.7 Å². The van der Waals surface area contributed by atoms with Gasteiger partial charge in [-0.25, -0.2) is 9.97 Å². The Morgan fingerprint density at radius 3 is 2.37 bits per heavy atom. The second-order valence-corrected chi connectivity index (χ2v) is 12.3. The van der Waals surface area contributed by atoms with E-state index in [9.17, 15) is 5.11 Å². The Kier molecular flexibility index (Phi) is 5.86. The van der Waals surface area contributed by atoms with Crippen LogP contribution in [-0.2, 0) is 5.54 Å². The monoisotopic (exact) mass is 502 g/mol. The Morgan fingerprint density at radius 2 is 1.69 bits per heavy atom. The first-order chi connectivity index (χ1) is 16.9. The molecule has 0 spiro atoms. The summed E-state index contributed by atoms with van der Waals surface area (Å²) < 4.78 is 0. The number of nitrogens with zero attached hydrogens (tertiary/aromatic N) is 2. The van der Waals surface area contributed by atoms with E-state index >= 15 is 0 Å². The lowest BCUT2D eigenvalue weighted by Gasteiger charge is -2.49. The van der Waals surface area contributed by atoms with Gasteiger partial charge < -0.3 is 16.2 Å². The maximum absolute atomic E-state index is 10.2. The van der Waals surface area contributed by atoms with Crippen LogP contribution in [-0.4, -0.2) is 33.8 Å². The Balaban J connectivity index is 1.35. The summed E-state index contributed by atoms with van der Waals surface area (Å²) in [5.41, 5.74) is 9.76. The largest absolute Gasteiger partial charge is 0.390 e. The van der Waals surface area contributed by atoms with Gasteiger partial charge >= 0.3 is 0 Å². The van der Waals surface area contributed by atoms with Crippen LogP contribution in [0.15, 0.2) is 60.8 Å². The minimum Gasteiger partial charge on any atom is -0.390 e. The molecule has 35 heavy (non-hydrogen) atoms. The van der Waals surface area contributed by atoms with Crippen molar-refractivity contribution in [2.24, 2.45) is 5.73 Å². The van der Waals surface area contributed by atoms with Crippen molar-refractivity contribution in [2.75, 3.05) is 13.1 Å². The minimum absolute atomic E-state index is 0.453. The van der Waals surface area contributed by atoms with Gasteiger partial charge in [-0.05, 0) is 56.8 Å². The fourth-order valence-corrected chi connectivity index (χ4v) is 7.74. The molecule has 1 aliphatic heterocycles. The molecule has 4 N–H and O–H groups in total. The van der Waals surface area contributed by atoms with E-state index in [-0.39, 0.29) is 0 Å². The smallest absolute Gasteiger partial charge is 0.136 e. The third-order valence-electron chi connectivity index (χ3n) is 7.21. The van der Waals surface area contributed by atoms with Crippen LogP contribution in [0.25, 0.3) is 31.6 Å². The molecule has 3 heterocycles. The quantitative estimate of drug-likeness (QED) is 0.323. The van der Waals surface area contributed by atoms with Gasteiger partial charge in [0.2, 0.25) is 0 Å². The third kappa shape index (κ3) is 4.47. The molecule has 0 unspecified atom stereocenters. The molecule has 2 aromatic carbocycles. The summed E-state index contributed by atoms with van der Waals surface area (Å²) in [5.74, 6) is 0.548. The van der Waals surface area contributed by atoms with E-state index in [1.807, 2.05) is 19.2 Å². The number of rotatable bonds is 5. The highest BCUT2D eigenvalue weighted by Crippen LogP contribution is 2.47. The van der Waals surface area contributed by atoms with Gasteiger partial charge in [0.25, 0.3) is 0 Å². The standard InChI is InChI=1S/C28H30N4OS2/c1-27(33)16-28(29,17-27)21-9-7-18(8-10-21)23-24(19-5-3-2-4-6-19)35-26(32-23)22-15-31-25(34-22)20-11-13-30-14-12-20/h2-10,15,20,30,33H,11-14,16-17,29H2,1H3/t27-,28+. The van der Waals surface area contributed by atoms with Gasteiger partial charge in [-0.3, -0.25) is 0 Å². The lowest BCUT2D eigenvalue weighted by molar-refractivity contribution is -0.0738. The second-order valence-electron chi connectivity index (χ2n) is 10.2. The van der Waals surface area contributed by atoms with Crippen molar-refractivity contribution >= 4 is 22.7 Å². The van der Waals surface area contributed by atoms with E-state index in [4.69, 9.17) is 15.7 Å². The highest BCUT2D eigenvalue weighted by atomic mass is 32.1. The van der Waals surface area contributed by atoms with E-state index in [1.54, 1.807) is 22.7 Å².